The highest BCUT2D eigenvalue weighted by Crippen LogP contribution is 2.43. The molecule has 2 fully saturated rings. The number of nitrogens with zero attached hydrogens (tertiary/aromatic N) is 1. The molecule has 0 spiro atoms. The van der Waals surface area contributed by atoms with Crippen molar-refractivity contribution >= 4 is 5.91 Å². The third kappa shape index (κ3) is 1.76. The van der Waals surface area contributed by atoms with Crippen LogP contribution in [0.5, 0.6) is 0 Å². The van der Waals surface area contributed by atoms with Gasteiger partial charge in [-0.15, -0.1) is 0 Å². The van der Waals surface area contributed by atoms with Crippen LogP contribution in [0.3, 0.4) is 0 Å². The van der Waals surface area contributed by atoms with Crippen LogP contribution in [0.4, 0.5) is 0 Å². The lowest BCUT2D eigenvalue weighted by Gasteiger charge is -2.26. The van der Waals surface area contributed by atoms with Crippen molar-refractivity contribution in [1.29, 1.82) is 0 Å². The lowest BCUT2D eigenvalue weighted by molar-refractivity contribution is -0.132. The first-order chi connectivity index (χ1) is 8.66. The molecule has 1 saturated carbocycles. The quantitative estimate of drug-likeness (QED) is 0.728. The summed E-state index contributed by atoms with van der Waals surface area (Å²) in [4.78, 5) is 14.5. The Balaban J connectivity index is 1.79. The van der Waals surface area contributed by atoms with Crippen LogP contribution < -0.4 is 0 Å². The molecule has 0 N–H and O–H groups in total. The predicted octanol–water partition coefficient (Wildman–Crippen LogP) is 3.17. The minimum atomic E-state index is 0.192. The van der Waals surface area contributed by atoms with Gasteiger partial charge in [0, 0.05) is 12.5 Å². The molecule has 1 aromatic rings. The lowest BCUT2D eigenvalue weighted by atomic mass is 10.0. The number of likely N-dealkylation sites (tertiary alicyclic amines) is 1. The Morgan fingerprint density at radius 3 is 2.67 bits per heavy atom. The maximum absolute atomic E-state index is 12.4. The van der Waals surface area contributed by atoms with Crippen molar-refractivity contribution in [3.63, 3.8) is 0 Å². The predicted molar refractivity (Wildman–Crippen MR) is 71.9 cm³/mol. The van der Waals surface area contributed by atoms with Gasteiger partial charge in [0.25, 0.3) is 0 Å². The maximum Gasteiger partial charge on any atom is 0.226 e. The molecular weight excluding hydrogens is 222 g/mol. The highest BCUT2D eigenvalue weighted by molar-refractivity contribution is 5.83. The van der Waals surface area contributed by atoms with Crippen LogP contribution in [0.2, 0.25) is 0 Å². The number of hydrogen-bond acceptors (Lipinski definition) is 1. The van der Waals surface area contributed by atoms with Crippen molar-refractivity contribution in [1.82, 2.24) is 4.90 Å². The number of carbonyl (C=O) groups excluding carboxylic acids is 1. The normalized spacial score (nSPS) is 28.6. The van der Waals surface area contributed by atoms with E-state index < -0.39 is 0 Å². The van der Waals surface area contributed by atoms with Crippen LogP contribution >= 0.6 is 0 Å². The first kappa shape index (κ1) is 11.5. The minimum Gasteiger partial charge on any atom is -0.335 e. The maximum atomic E-state index is 12.4. The van der Waals surface area contributed by atoms with E-state index in [0.29, 0.717) is 11.8 Å². The Kier molecular flexibility index (Phi) is 2.73. The molecule has 0 bridgehead atoms. The molecule has 2 nitrogen and oxygen atoms in total. The van der Waals surface area contributed by atoms with Gasteiger partial charge in [-0.2, -0.15) is 0 Å². The monoisotopic (exact) mass is 241 g/mol. The molecule has 1 saturated heterocycles. The molecule has 2 aliphatic rings. The Morgan fingerprint density at radius 1 is 1.28 bits per heavy atom. The summed E-state index contributed by atoms with van der Waals surface area (Å²) in [5.74, 6) is 1.05. The van der Waals surface area contributed by atoms with Crippen LogP contribution in [0.15, 0.2) is 42.5 Å². The average Bonchev–Trinajstić information content (AvgIpc) is 2.88. The summed E-state index contributed by atoms with van der Waals surface area (Å²) in [6.07, 6.45) is 1.94. The van der Waals surface area contributed by atoms with Crippen LogP contribution in [0.25, 0.3) is 0 Å². The van der Waals surface area contributed by atoms with Crippen LogP contribution in [0.1, 0.15) is 31.4 Å². The molecule has 18 heavy (non-hydrogen) atoms. The molecule has 1 aliphatic heterocycles. The van der Waals surface area contributed by atoms with Gasteiger partial charge < -0.3 is 4.90 Å². The lowest BCUT2D eigenvalue weighted by Crippen LogP contribution is -2.30. The number of carbonyl (C=O) groups is 1. The van der Waals surface area contributed by atoms with Gasteiger partial charge in [0.2, 0.25) is 5.91 Å². The van der Waals surface area contributed by atoms with Crippen molar-refractivity contribution in [2.24, 2.45) is 11.8 Å². The summed E-state index contributed by atoms with van der Waals surface area (Å²) in [6.45, 7) is 7.06. The molecule has 94 valence electrons. The summed E-state index contributed by atoms with van der Waals surface area (Å²) in [5, 5.41) is 0. The minimum absolute atomic E-state index is 0.192. The Hall–Kier alpha value is -1.57. The zero-order chi connectivity index (χ0) is 12.7. The Morgan fingerprint density at radius 2 is 2.00 bits per heavy atom. The fourth-order valence-electron chi connectivity index (χ4n) is 3.37. The summed E-state index contributed by atoms with van der Waals surface area (Å²) >= 11 is 0. The van der Waals surface area contributed by atoms with Crippen molar-refractivity contribution in [3.05, 3.63) is 48.0 Å². The molecule has 1 aromatic carbocycles. The van der Waals surface area contributed by atoms with E-state index in [9.17, 15) is 4.79 Å². The van der Waals surface area contributed by atoms with Crippen molar-refractivity contribution in [3.8, 4) is 0 Å². The molecule has 2 heteroatoms. The van der Waals surface area contributed by atoms with Gasteiger partial charge in [0.15, 0.2) is 0 Å². The molecule has 1 heterocycles. The summed E-state index contributed by atoms with van der Waals surface area (Å²) in [6, 6.07) is 10.5. The fraction of sp³-hybridized carbons (Fsp3) is 0.438. The molecular formula is C16H19NO. The van der Waals surface area contributed by atoms with Gasteiger partial charge in [0.05, 0.1) is 6.04 Å². The van der Waals surface area contributed by atoms with Gasteiger partial charge in [-0.05, 0) is 31.2 Å². The standard InChI is InChI=1S/C16H19NO/c1-11-8-14-10-17(16(18)15(14)9-11)12(2)13-6-4-3-5-7-13/h3-7,12,14-15H,1,8-10H2,2H3/t12-,14-,15+/m1/s1. The second-order valence-electron chi connectivity index (χ2n) is 5.60. The Labute approximate surface area is 108 Å². The van der Waals surface area contributed by atoms with Crippen LogP contribution in [-0.4, -0.2) is 17.4 Å². The number of fused-ring (bicyclic) bond motifs is 1. The third-order valence-corrected chi connectivity index (χ3v) is 4.41. The fourth-order valence-corrected chi connectivity index (χ4v) is 3.37. The van der Waals surface area contributed by atoms with Gasteiger partial charge in [-0.1, -0.05) is 42.5 Å². The second kappa shape index (κ2) is 4.27. The van der Waals surface area contributed by atoms with Gasteiger partial charge in [-0.3, -0.25) is 4.79 Å². The first-order valence-corrected chi connectivity index (χ1v) is 6.69. The summed E-state index contributed by atoms with van der Waals surface area (Å²) in [7, 11) is 0. The highest BCUT2D eigenvalue weighted by atomic mass is 16.2. The topological polar surface area (TPSA) is 20.3 Å². The zero-order valence-electron chi connectivity index (χ0n) is 10.8. The molecule has 3 rings (SSSR count). The van der Waals surface area contributed by atoms with E-state index in [2.05, 4.69) is 30.5 Å². The largest absolute Gasteiger partial charge is 0.335 e. The van der Waals surface area contributed by atoms with Gasteiger partial charge in [-0.25, -0.2) is 0 Å². The van der Waals surface area contributed by atoms with E-state index in [1.165, 1.54) is 11.1 Å². The van der Waals surface area contributed by atoms with Crippen LogP contribution in [0, 0.1) is 11.8 Å². The van der Waals surface area contributed by atoms with Crippen molar-refractivity contribution < 1.29 is 4.79 Å². The number of rotatable bonds is 2. The van der Waals surface area contributed by atoms with E-state index in [-0.39, 0.29) is 12.0 Å². The SMILES string of the molecule is C=C1C[C@@H]2CN([C@H](C)c3ccccc3)C(=O)[C@H]2C1. The van der Waals surface area contributed by atoms with Gasteiger partial charge >= 0.3 is 0 Å². The molecule has 0 unspecified atom stereocenters. The first-order valence-electron chi connectivity index (χ1n) is 6.69. The van der Waals surface area contributed by atoms with E-state index in [1.54, 1.807) is 0 Å². The number of amides is 1. The average molecular weight is 241 g/mol. The second-order valence-corrected chi connectivity index (χ2v) is 5.60. The number of allylic oxidation sites excluding steroid dienone is 1. The molecule has 1 aliphatic carbocycles. The smallest absolute Gasteiger partial charge is 0.226 e. The van der Waals surface area contributed by atoms with E-state index >= 15 is 0 Å². The summed E-state index contributed by atoms with van der Waals surface area (Å²) < 4.78 is 0. The van der Waals surface area contributed by atoms with E-state index in [4.69, 9.17) is 0 Å². The summed E-state index contributed by atoms with van der Waals surface area (Å²) in [5.41, 5.74) is 2.48. The van der Waals surface area contributed by atoms with Gasteiger partial charge in [0.1, 0.15) is 0 Å². The Bertz CT molecular complexity index is 479. The third-order valence-electron chi connectivity index (χ3n) is 4.41. The number of hydrogen-bond donors (Lipinski definition) is 0. The molecule has 0 radical (unpaired) electrons. The zero-order valence-corrected chi connectivity index (χ0v) is 10.8. The van der Waals surface area contributed by atoms with E-state index in [1.807, 2.05) is 18.2 Å². The molecule has 0 aromatic heterocycles. The highest BCUT2D eigenvalue weighted by Gasteiger charge is 2.45. The molecule has 1 amide bonds. The van der Waals surface area contributed by atoms with Crippen molar-refractivity contribution in [2.75, 3.05) is 6.54 Å². The van der Waals surface area contributed by atoms with Crippen LogP contribution in [-0.2, 0) is 4.79 Å². The van der Waals surface area contributed by atoms with E-state index in [0.717, 1.165) is 19.4 Å². The number of benzene rings is 1. The van der Waals surface area contributed by atoms with Crippen molar-refractivity contribution in [2.45, 2.75) is 25.8 Å². The molecule has 3 atom stereocenters.